The van der Waals surface area contributed by atoms with E-state index in [1.54, 1.807) is 25.3 Å². The van der Waals surface area contributed by atoms with Crippen LogP contribution in [0.1, 0.15) is 42.5 Å². The second-order valence-corrected chi connectivity index (χ2v) is 5.17. The van der Waals surface area contributed by atoms with Crippen molar-refractivity contribution in [1.82, 2.24) is 5.32 Å². The monoisotopic (exact) mass is 263 g/mol. The second kappa shape index (κ2) is 6.06. The zero-order chi connectivity index (χ0) is 13.7. The number of benzene rings is 1. The maximum Gasteiger partial charge on any atom is 0.255 e. The Kier molecular flexibility index (Phi) is 4.43. The lowest BCUT2D eigenvalue weighted by Gasteiger charge is -2.32. The van der Waals surface area contributed by atoms with Crippen molar-refractivity contribution in [2.75, 3.05) is 13.7 Å². The van der Waals surface area contributed by atoms with Gasteiger partial charge in [0, 0.05) is 6.54 Å². The van der Waals surface area contributed by atoms with Gasteiger partial charge in [-0.25, -0.2) is 0 Å². The molecule has 2 N–H and O–H groups in total. The zero-order valence-electron chi connectivity index (χ0n) is 11.3. The van der Waals surface area contributed by atoms with Crippen molar-refractivity contribution in [2.45, 2.75) is 37.7 Å². The Morgan fingerprint density at radius 1 is 1.32 bits per heavy atom. The molecule has 4 heteroatoms. The molecule has 0 atom stereocenters. The summed E-state index contributed by atoms with van der Waals surface area (Å²) >= 11 is 0. The molecule has 1 aliphatic rings. The van der Waals surface area contributed by atoms with Crippen molar-refractivity contribution >= 4 is 5.91 Å². The summed E-state index contributed by atoms with van der Waals surface area (Å²) in [6.45, 7) is 0.309. The smallest absolute Gasteiger partial charge is 0.255 e. The normalized spacial score (nSPS) is 17.8. The summed E-state index contributed by atoms with van der Waals surface area (Å²) in [5.41, 5.74) is -0.236. The third-order valence-corrected chi connectivity index (χ3v) is 3.71. The van der Waals surface area contributed by atoms with Crippen molar-refractivity contribution in [3.05, 3.63) is 29.8 Å². The first-order valence-corrected chi connectivity index (χ1v) is 6.78. The Balaban J connectivity index is 1.97. The fourth-order valence-electron chi connectivity index (χ4n) is 2.56. The molecule has 0 saturated heterocycles. The molecule has 19 heavy (non-hydrogen) atoms. The summed E-state index contributed by atoms with van der Waals surface area (Å²) in [6, 6.07) is 7.10. The lowest BCUT2D eigenvalue weighted by molar-refractivity contribution is 0.00523. The van der Waals surface area contributed by atoms with E-state index >= 15 is 0 Å². The summed E-state index contributed by atoms with van der Waals surface area (Å²) in [6.07, 6.45) is 4.75. The maximum atomic E-state index is 12.1. The van der Waals surface area contributed by atoms with Gasteiger partial charge in [0.2, 0.25) is 0 Å². The minimum Gasteiger partial charge on any atom is -0.496 e. The average molecular weight is 263 g/mol. The molecule has 104 valence electrons. The van der Waals surface area contributed by atoms with E-state index in [2.05, 4.69) is 5.32 Å². The van der Waals surface area contributed by atoms with Gasteiger partial charge in [-0.15, -0.1) is 0 Å². The molecule has 0 aliphatic heterocycles. The van der Waals surface area contributed by atoms with Crippen LogP contribution in [0.5, 0.6) is 5.75 Å². The van der Waals surface area contributed by atoms with Gasteiger partial charge in [-0.2, -0.15) is 0 Å². The molecular formula is C15H21NO3. The molecule has 0 radical (unpaired) electrons. The number of para-hydroxylation sites is 1. The number of hydrogen-bond donors (Lipinski definition) is 2. The summed E-state index contributed by atoms with van der Waals surface area (Å²) in [7, 11) is 1.54. The number of aliphatic hydroxyl groups is 1. The Bertz CT molecular complexity index is 439. The van der Waals surface area contributed by atoms with E-state index in [9.17, 15) is 9.90 Å². The van der Waals surface area contributed by atoms with Gasteiger partial charge < -0.3 is 15.2 Å². The number of amides is 1. The van der Waals surface area contributed by atoms with Gasteiger partial charge in [-0.1, -0.05) is 31.4 Å². The first kappa shape index (κ1) is 13.9. The Morgan fingerprint density at radius 2 is 2.00 bits per heavy atom. The highest BCUT2D eigenvalue weighted by molar-refractivity contribution is 5.96. The van der Waals surface area contributed by atoms with Crippen LogP contribution in [0.3, 0.4) is 0 Å². The van der Waals surface area contributed by atoms with Crippen LogP contribution in [0.4, 0.5) is 0 Å². The molecule has 1 aromatic carbocycles. The quantitative estimate of drug-likeness (QED) is 0.874. The summed E-state index contributed by atoms with van der Waals surface area (Å²) in [4.78, 5) is 12.1. The van der Waals surface area contributed by atoms with Gasteiger partial charge in [0.1, 0.15) is 5.75 Å². The van der Waals surface area contributed by atoms with Crippen LogP contribution in [0.15, 0.2) is 24.3 Å². The highest BCUT2D eigenvalue weighted by Gasteiger charge is 2.29. The van der Waals surface area contributed by atoms with Crippen molar-refractivity contribution in [3.8, 4) is 5.75 Å². The Hall–Kier alpha value is -1.55. The van der Waals surface area contributed by atoms with Crippen LogP contribution < -0.4 is 10.1 Å². The Morgan fingerprint density at radius 3 is 2.68 bits per heavy atom. The number of hydrogen-bond acceptors (Lipinski definition) is 3. The second-order valence-electron chi connectivity index (χ2n) is 5.17. The first-order valence-electron chi connectivity index (χ1n) is 6.78. The fourth-order valence-corrected chi connectivity index (χ4v) is 2.56. The minimum atomic E-state index is -0.740. The molecule has 0 bridgehead atoms. The summed E-state index contributed by atoms with van der Waals surface area (Å²) in [5, 5.41) is 13.2. The first-order chi connectivity index (χ1) is 9.14. The molecule has 0 heterocycles. The van der Waals surface area contributed by atoms with Crippen LogP contribution in [-0.4, -0.2) is 30.3 Å². The molecular weight excluding hydrogens is 242 g/mol. The summed E-state index contributed by atoms with van der Waals surface area (Å²) < 4.78 is 5.16. The molecule has 1 aliphatic carbocycles. The number of carbonyl (C=O) groups is 1. The van der Waals surface area contributed by atoms with Crippen LogP contribution in [0.2, 0.25) is 0 Å². The van der Waals surface area contributed by atoms with Gasteiger partial charge in [-0.05, 0) is 25.0 Å². The third kappa shape index (κ3) is 3.47. The maximum absolute atomic E-state index is 12.1. The number of rotatable bonds is 4. The van der Waals surface area contributed by atoms with E-state index in [1.807, 2.05) is 6.07 Å². The van der Waals surface area contributed by atoms with E-state index in [4.69, 9.17) is 4.74 Å². The molecule has 2 rings (SSSR count). The van der Waals surface area contributed by atoms with E-state index in [-0.39, 0.29) is 5.91 Å². The zero-order valence-corrected chi connectivity index (χ0v) is 11.3. The van der Waals surface area contributed by atoms with Gasteiger partial charge in [0.15, 0.2) is 0 Å². The SMILES string of the molecule is COc1ccccc1C(=O)NCC1(O)CCCCC1. The van der Waals surface area contributed by atoms with Crippen molar-refractivity contribution < 1.29 is 14.6 Å². The van der Waals surface area contributed by atoms with Gasteiger partial charge in [0.25, 0.3) is 5.91 Å². The minimum absolute atomic E-state index is 0.198. The molecule has 1 amide bonds. The Labute approximate surface area is 113 Å². The molecule has 1 saturated carbocycles. The largest absolute Gasteiger partial charge is 0.496 e. The highest BCUT2D eigenvalue weighted by Crippen LogP contribution is 2.27. The number of ether oxygens (including phenoxy) is 1. The van der Waals surface area contributed by atoms with Gasteiger partial charge in [-0.3, -0.25) is 4.79 Å². The van der Waals surface area contributed by atoms with Gasteiger partial charge in [0.05, 0.1) is 18.3 Å². The lowest BCUT2D eigenvalue weighted by atomic mass is 9.85. The predicted octanol–water partition coefficient (Wildman–Crippen LogP) is 2.12. The number of carbonyl (C=O) groups excluding carboxylic acids is 1. The predicted molar refractivity (Wildman–Crippen MR) is 73.4 cm³/mol. The number of nitrogens with one attached hydrogen (secondary N) is 1. The molecule has 0 spiro atoms. The lowest BCUT2D eigenvalue weighted by Crippen LogP contribution is -2.44. The molecule has 4 nitrogen and oxygen atoms in total. The van der Waals surface area contributed by atoms with Crippen LogP contribution in [0, 0.1) is 0 Å². The van der Waals surface area contributed by atoms with Crippen molar-refractivity contribution in [2.24, 2.45) is 0 Å². The summed E-state index contributed by atoms with van der Waals surface area (Å²) in [5.74, 6) is 0.354. The van der Waals surface area contributed by atoms with E-state index in [1.165, 1.54) is 6.42 Å². The standard InChI is InChI=1S/C15H21NO3/c1-19-13-8-4-3-7-12(13)14(17)16-11-15(18)9-5-2-6-10-15/h3-4,7-8,18H,2,5-6,9-11H2,1H3,(H,16,17). The molecule has 1 fully saturated rings. The molecule has 0 unspecified atom stereocenters. The fraction of sp³-hybridized carbons (Fsp3) is 0.533. The van der Waals surface area contributed by atoms with Crippen molar-refractivity contribution in [1.29, 1.82) is 0 Å². The van der Waals surface area contributed by atoms with Crippen molar-refractivity contribution in [3.63, 3.8) is 0 Å². The van der Waals surface area contributed by atoms with Gasteiger partial charge >= 0.3 is 0 Å². The van der Waals surface area contributed by atoms with E-state index in [0.717, 1.165) is 25.7 Å². The third-order valence-electron chi connectivity index (χ3n) is 3.71. The van der Waals surface area contributed by atoms with Crippen LogP contribution in [-0.2, 0) is 0 Å². The molecule has 0 aromatic heterocycles. The molecule has 1 aromatic rings. The number of methoxy groups -OCH3 is 1. The van der Waals surface area contributed by atoms with E-state index in [0.29, 0.717) is 17.9 Å². The van der Waals surface area contributed by atoms with E-state index < -0.39 is 5.60 Å². The topological polar surface area (TPSA) is 58.6 Å². The highest BCUT2D eigenvalue weighted by atomic mass is 16.5. The van der Waals surface area contributed by atoms with Crippen LogP contribution in [0.25, 0.3) is 0 Å². The van der Waals surface area contributed by atoms with Crippen LogP contribution >= 0.6 is 0 Å². The average Bonchev–Trinajstić information content (AvgIpc) is 2.45.